The van der Waals surface area contributed by atoms with E-state index in [9.17, 15) is 13.2 Å². The molecule has 0 unspecified atom stereocenters. The minimum atomic E-state index is -3.84. The van der Waals surface area contributed by atoms with Gasteiger partial charge in [-0.1, -0.05) is 65.4 Å². The van der Waals surface area contributed by atoms with Gasteiger partial charge in [0.25, 0.3) is 0 Å². The van der Waals surface area contributed by atoms with Gasteiger partial charge in [0.15, 0.2) is 15.0 Å². The Kier molecular flexibility index (Phi) is 6.33. The molecule has 0 saturated carbocycles. The van der Waals surface area contributed by atoms with Gasteiger partial charge in [-0.05, 0) is 54.8 Å². The number of fused-ring (bicyclic) bond motifs is 1. The Balaban J connectivity index is 1.72. The molecular formula is C24H21ClN2O3S2. The van der Waals surface area contributed by atoms with Gasteiger partial charge < -0.3 is 0 Å². The molecule has 1 amide bonds. The van der Waals surface area contributed by atoms with E-state index < -0.39 is 21.5 Å². The SMILES string of the molecule is Cc1ccc(C)c2sc(N(Cc3ccccc3)C(=O)CS(=O)(=O)c3ccc(Cl)cc3)nc12. The van der Waals surface area contributed by atoms with Crippen LogP contribution in [0.2, 0.25) is 5.02 Å². The van der Waals surface area contributed by atoms with Crippen LogP contribution < -0.4 is 4.90 Å². The third-order valence-electron chi connectivity index (χ3n) is 5.13. The Morgan fingerprint density at radius 3 is 2.28 bits per heavy atom. The number of nitrogens with zero attached hydrogens (tertiary/aromatic N) is 2. The van der Waals surface area contributed by atoms with E-state index in [1.807, 2.05) is 56.3 Å². The Morgan fingerprint density at radius 1 is 0.969 bits per heavy atom. The van der Waals surface area contributed by atoms with Crippen molar-refractivity contribution in [3.05, 3.63) is 88.4 Å². The number of amides is 1. The summed E-state index contributed by atoms with van der Waals surface area (Å²) in [5.41, 5.74) is 3.79. The number of aryl methyl sites for hydroxylation is 2. The lowest BCUT2D eigenvalue weighted by Crippen LogP contribution is -2.35. The van der Waals surface area contributed by atoms with Gasteiger partial charge in [-0.3, -0.25) is 9.69 Å². The van der Waals surface area contributed by atoms with Crippen LogP contribution in [0.3, 0.4) is 0 Å². The summed E-state index contributed by atoms with van der Waals surface area (Å²) < 4.78 is 26.8. The Bertz CT molecular complexity index is 1340. The zero-order valence-electron chi connectivity index (χ0n) is 17.6. The lowest BCUT2D eigenvalue weighted by Gasteiger charge is -2.20. The third kappa shape index (κ3) is 4.70. The van der Waals surface area contributed by atoms with Crippen LogP contribution in [0.4, 0.5) is 5.13 Å². The molecule has 0 radical (unpaired) electrons. The highest BCUT2D eigenvalue weighted by atomic mass is 35.5. The lowest BCUT2D eigenvalue weighted by molar-refractivity contribution is -0.116. The molecule has 0 bridgehead atoms. The minimum Gasteiger partial charge on any atom is -0.283 e. The smallest absolute Gasteiger partial charge is 0.244 e. The molecule has 8 heteroatoms. The fourth-order valence-corrected chi connectivity index (χ4v) is 5.81. The number of hydrogen-bond donors (Lipinski definition) is 0. The molecule has 0 atom stereocenters. The van der Waals surface area contributed by atoms with Gasteiger partial charge in [0.05, 0.1) is 21.7 Å². The molecule has 0 aliphatic heterocycles. The van der Waals surface area contributed by atoms with Gasteiger partial charge in [0, 0.05) is 5.02 Å². The van der Waals surface area contributed by atoms with Crippen LogP contribution in [-0.2, 0) is 21.2 Å². The first-order valence-electron chi connectivity index (χ1n) is 9.94. The van der Waals surface area contributed by atoms with Gasteiger partial charge in [-0.25, -0.2) is 13.4 Å². The monoisotopic (exact) mass is 484 g/mol. The molecule has 4 rings (SSSR count). The van der Waals surface area contributed by atoms with Crippen LogP contribution >= 0.6 is 22.9 Å². The predicted octanol–water partition coefficient (Wildman–Crippen LogP) is 5.57. The Morgan fingerprint density at radius 2 is 1.62 bits per heavy atom. The zero-order chi connectivity index (χ0) is 22.9. The summed E-state index contributed by atoms with van der Waals surface area (Å²) in [4.78, 5) is 19.6. The quantitative estimate of drug-likeness (QED) is 0.358. The average molecular weight is 485 g/mol. The summed E-state index contributed by atoms with van der Waals surface area (Å²) in [6.07, 6.45) is 0. The molecule has 5 nitrogen and oxygen atoms in total. The molecule has 1 heterocycles. The number of hydrogen-bond acceptors (Lipinski definition) is 5. The number of sulfone groups is 1. The van der Waals surface area contributed by atoms with Crippen LogP contribution in [-0.4, -0.2) is 25.1 Å². The number of benzene rings is 3. The highest BCUT2D eigenvalue weighted by molar-refractivity contribution is 7.92. The number of rotatable bonds is 6. The molecule has 0 saturated heterocycles. The van der Waals surface area contributed by atoms with Crippen molar-refractivity contribution >= 4 is 54.0 Å². The summed E-state index contributed by atoms with van der Waals surface area (Å²) in [6, 6.07) is 19.3. The van der Waals surface area contributed by atoms with Gasteiger partial charge >= 0.3 is 0 Å². The van der Waals surface area contributed by atoms with Crippen molar-refractivity contribution in [3.63, 3.8) is 0 Å². The number of thiazole rings is 1. The van der Waals surface area contributed by atoms with E-state index >= 15 is 0 Å². The standard InChI is InChI=1S/C24H21ClN2O3S2/c1-16-8-9-17(2)23-22(16)26-24(31-23)27(14-18-6-4-3-5-7-18)21(28)15-32(29,30)20-12-10-19(25)11-13-20/h3-13H,14-15H2,1-2H3. The first-order valence-corrected chi connectivity index (χ1v) is 12.8. The van der Waals surface area contributed by atoms with Crippen molar-refractivity contribution < 1.29 is 13.2 Å². The Labute approximate surface area is 196 Å². The first-order chi connectivity index (χ1) is 15.2. The number of carbonyl (C=O) groups excluding carboxylic acids is 1. The van der Waals surface area contributed by atoms with E-state index in [0.29, 0.717) is 10.2 Å². The molecule has 0 aliphatic carbocycles. The molecule has 4 aromatic rings. The lowest BCUT2D eigenvalue weighted by atomic mass is 10.1. The van der Waals surface area contributed by atoms with E-state index in [-0.39, 0.29) is 11.4 Å². The summed E-state index contributed by atoms with van der Waals surface area (Å²) in [7, 11) is -3.84. The molecule has 0 N–H and O–H groups in total. The van der Waals surface area contributed by atoms with Crippen molar-refractivity contribution in [1.29, 1.82) is 0 Å². The molecule has 0 aliphatic rings. The average Bonchev–Trinajstić information content (AvgIpc) is 3.22. The summed E-state index contributed by atoms with van der Waals surface area (Å²) in [5.74, 6) is -1.19. The molecule has 3 aromatic carbocycles. The normalized spacial score (nSPS) is 11.6. The van der Waals surface area contributed by atoms with Crippen LogP contribution in [0.25, 0.3) is 10.2 Å². The van der Waals surface area contributed by atoms with Crippen molar-refractivity contribution in [2.45, 2.75) is 25.3 Å². The molecule has 1 aromatic heterocycles. The predicted molar refractivity (Wildman–Crippen MR) is 130 cm³/mol. The Hall–Kier alpha value is -2.74. The van der Waals surface area contributed by atoms with Gasteiger partial charge in [-0.15, -0.1) is 0 Å². The van der Waals surface area contributed by atoms with E-state index in [1.165, 1.54) is 40.5 Å². The molecular weight excluding hydrogens is 464 g/mol. The molecule has 0 fully saturated rings. The third-order valence-corrected chi connectivity index (χ3v) is 8.22. The number of anilines is 1. The number of carbonyl (C=O) groups is 1. The van der Waals surface area contributed by atoms with Crippen molar-refractivity contribution in [2.75, 3.05) is 10.7 Å². The summed E-state index contributed by atoms with van der Waals surface area (Å²) in [5, 5.41) is 0.916. The fourth-order valence-electron chi connectivity index (χ4n) is 3.36. The number of aromatic nitrogens is 1. The minimum absolute atomic E-state index is 0.0610. The van der Waals surface area contributed by atoms with E-state index in [1.54, 1.807) is 0 Å². The summed E-state index contributed by atoms with van der Waals surface area (Å²) in [6.45, 7) is 4.20. The van der Waals surface area contributed by atoms with E-state index in [0.717, 1.165) is 26.9 Å². The van der Waals surface area contributed by atoms with Crippen molar-refractivity contribution in [1.82, 2.24) is 4.98 Å². The van der Waals surface area contributed by atoms with Gasteiger partial charge in [0.1, 0.15) is 5.75 Å². The van der Waals surface area contributed by atoms with Crippen LogP contribution in [0.5, 0.6) is 0 Å². The van der Waals surface area contributed by atoms with Gasteiger partial charge in [0.2, 0.25) is 5.91 Å². The second-order valence-electron chi connectivity index (χ2n) is 7.55. The van der Waals surface area contributed by atoms with E-state index in [4.69, 9.17) is 16.6 Å². The molecule has 164 valence electrons. The maximum atomic E-state index is 13.3. The second kappa shape index (κ2) is 9.02. The maximum Gasteiger partial charge on any atom is 0.244 e. The zero-order valence-corrected chi connectivity index (χ0v) is 20.0. The van der Waals surface area contributed by atoms with Crippen LogP contribution in [0.1, 0.15) is 16.7 Å². The van der Waals surface area contributed by atoms with Gasteiger partial charge in [-0.2, -0.15) is 0 Å². The van der Waals surface area contributed by atoms with Crippen LogP contribution in [0, 0.1) is 13.8 Å². The fraction of sp³-hybridized carbons (Fsp3) is 0.167. The molecule has 0 spiro atoms. The first kappa shape index (κ1) is 22.5. The highest BCUT2D eigenvalue weighted by Gasteiger charge is 2.27. The molecule has 32 heavy (non-hydrogen) atoms. The summed E-state index contributed by atoms with van der Waals surface area (Å²) >= 11 is 7.27. The van der Waals surface area contributed by atoms with Crippen LogP contribution in [0.15, 0.2) is 71.6 Å². The second-order valence-corrected chi connectivity index (χ2v) is 11.0. The van der Waals surface area contributed by atoms with E-state index in [2.05, 4.69) is 0 Å². The highest BCUT2D eigenvalue weighted by Crippen LogP contribution is 2.34. The largest absolute Gasteiger partial charge is 0.283 e. The number of halogens is 1. The van der Waals surface area contributed by atoms with Crippen molar-refractivity contribution in [2.24, 2.45) is 0 Å². The van der Waals surface area contributed by atoms with Crippen molar-refractivity contribution in [3.8, 4) is 0 Å². The topological polar surface area (TPSA) is 67.3 Å². The maximum absolute atomic E-state index is 13.3.